The van der Waals surface area contributed by atoms with Gasteiger partial charge in [0, 0.05) is 19.6 Å². The van der Waals surface area contributed by atoms with Crippen molar-refractivity contribution in [2.24, 2.45) is 0 Å². The van der Waals surface area contributed by atoms with Crippen LogP contribution in [0.1, 0.15) is 33.4 Å². The highest BCUT2D eigenvalue weighted by Crippen LogP contribution is 2.42. The molecule has 9 atom stereocenters. The Kier molecular flexibility index (Phi) is 19.9. The second-order valence-corrected chi connectivity index (χ2v) is 18.6. The fourth-order valence-electron chi connectivity index (χ4n) is 9.51. The number of ether oxygens (including phenoxy) is 11. The van der Waals surface area contributed by atoms with Gasteiger partial charge in [0.1, 0.15) is 49.3 Å². The summed E-state index contributed by atoms with van der Waals surface area (Å²) in [5.74, 6) is -1.66. The van der Waals surface area contributed by atoms with E-state index in [0.29, 0.717) is 32.8 Å². The molecule has 1 unspecified atom stereocenters. The first-order valence-corrected chi connectivity index (χ1v) is 25.5. The fraction of sp³-hybridized carbons (Fsp3) is 0.377. The van der Waals surface area contributed by atoms with E-state index in [2.05, 4.69) is 35.7 Å². The first-order valence-electron chi connectivity index (χ1n) is 25.5. The molecule has 0 aliphatic carbocycles. The topological polar surface area (TPSA) is 105 Å². The van der Waals surface area contributed by atoms with Crippen LogP contribution in [-0.2, 0) is 91.7 Å². The molecule has 6 aromatic carbocycles. The SMILES string of the molecule is C=CCOC[C@@]12OC3O[C@H](COCCN(Cc4ccccc4)CCOC[C@@H](O1)[C@@H](OCc1ccccc1)[C@@H]2OCc1ccccc1)[C@@H](OCc1ccccc1)[C@H](OCc1ccccc1)[C@H]3OCc1ccccc1. The van der Waals surface area contributed by atoms with Crippen LogP contribution in [0.2, 0.25) is 0 Å². The minimum Gasteiger partial charge on any atom is -0.377 e. The van der Waals surface area contributed by atoms with Crippen molar-refractivity contribution in [2.75, 3.05) is 52.7 Å². The Bertz CT molecular complexity index is 2460. The van der Waals surface area contributed by atoms with Crippen LogP contribution in [0.25, 0.3) is 0 Å². The van der Waals surface area contributed by atoms with Crippen LogP contribution >= 0.6 is 0 Å². The van der Waals surface area contributed by atoms with Gasteiger partial charge in [-0.15, -0.1) is 6.58 Å². The third-order valence-corrected chi connectivity index (χ3v) is 13.2. The quantitative estimate of drug-likeness (QED) is 0.0507. The van der Waals surface area contributed by atoms with Gasteiger partial charge in [0.25, 0.3) is 0 Å². The van der Waals surface area contributed by atoms with E-state index in [-0.39, 0.29) is 59.5 Å². The van der Waals surface area contributed by atoms with Crippen molar-refractivity contribution in [3.63, 3.8) is 0 Å². The molecule has 3 saturated heterocycles. The van der Waals surface area contributed by atoms with Gasteiger partial charge in [-0.2, -0.15) is 0 Å². The van der Waals surface area contributed by atoms with Crippen LogP contribution in [0.3, 0.4) is 0 Å². The Balaban J connectivity index is 1.14. The lowest BCUT2D eigenvalue weighted by Gasteiger charge is -2.48. The van der Waals surface area contributed by atoms with Gasteiger partial charge in [-0.05, 0) is 33.4 Å². The van der Waals surface area contributed by atoms with Crippen LogP contribution in [0.5, 0.6) is 0 Å². The van der Waals surface area contributed by atoms with Crippen molar-refractivity contribution in [3.8, 4) is 0 Å². The molecule has 3 heterocycles. The van der Waals surface area contributed by atoms with Crippen molar-refractivity contribution in [1.29, 1.82) is 0 Å². The molecule has 0 aromatic heterocycles. The van der Waals surface area contributed by atoms with Gasteiger partial charge in [0.15, 0.2) is 6.29 Å². The Morgan fingerprint density at radius 1 is 0.466 bits per heavy atom. The molecule has 0 amide bonds. The third-order valence-electron chi connectivity index (χ3n) is 13.2. The zero-order valence-electron chi connectivity index (χ0n) is 41.6. The van der Waals surface area contributed by atoms with Crippen LogP contribution in [0.4, 0.5) is 0 Å². The second-order valence-electron chi connectivity index (χ2n) is 18.6. The number of hydrogen-bond donors (Lipinski definition) is 0. The molecule has 0 radical (unpaired) electrons. The van der Waals surface area contributed by atoms with E-state index in [0.717, 1.165) is 27.8 Å². The maximum atomic E-state index is 7.52. The molecule has 12 nitrogen and oxygen atoms in total. The van der Waals surface area contributed by atoms with Crippen LogP contribution in [-0.4, -0.2) is 112 Å². The average Bonchev–Trinajstić information content (AvgIpc) is 3.72. The first-order chi connectivity index (χ1) is 36.1. The average molecular weight is 992 g/mol. The minimum atomic E-state index is -1.66. The summed E-state index contributed by atoms with van der Waals surface area (Å²) >= 11 is 0. The summed E-state index contributed by atoms with van der Waals surface area (Å²) in [6.45, 7) is 8.54. The predicted octanol–water partition coefficient (Wildman–Crippen LogP) is 9.50. The van der Waals surface area contributed by atoms with Gasteiger partial charge in [-0.1, -0.05) is 188 Å². The Morgan fingerprint density at radius 3 is 1.36 bits per heavy atom. The zero-order valence-corrected chi connectivity index (χ0v) is 41.6. The van der Waals surface area contributed by atoms with Crippen molar-refractivity contribution < 1.29 is 52.1 Å². The number of hydrogen-bond acceptors (Lipinski definition) is 12. The molecule has 3 fully saturated rings. The summed E-state index contributed by atoms with van der Waals surface area (Å²) in [4.78, 5) is 2.34. The van der Waals surface area contributed by atoms with Gasteiger partial charge in [0.2, 0.25) is 5.79 Å². The monoisotopic (exact) mass is 991 g/mol. The Morgan fingerprint density at radius 2 is 0.877 bits per heavy atom. The lowest BCUT2D eigenvalue weighted by molar-refractivity contribution is -0.398. The molecule has 0 saturated carbocycles. The standard InChI is InChI=1S/C61H69NO11/c1-2-35-65-46-61-59(70-43-52-31-19-8-20-32-52)56(67-40-49-25-13-5-14-26-49)54(72-61)45-64-37-34-62(38-47-21-9-3-10-22-47)33-36-63-44-53-55(66-39-48-23-11-4-12-24-48)57(68-41-50-27-15-6-16-28-50)58(60(71-53)73-61)69-42-51-29-17-7-18-30-51/h2-32,53-60H,1,33-46H2/t53-,54-,55-,56-,57+,58-,59+,60?,61+/m1/s1. The van der Waals surface area contributed by atoms with E-state index < -0.39 is 54.8 Å². The van der Waals surface area contributed by atoms with E-state index in [9.17, 15) is 0 Å². The minimum absolute atomic E-state index is 0.0824. The van der Waals surface area contributed by atoms with Gasteiger partial charge in [-0.3, -0.25) is 4.90 Å². The number of fused-ring (bicyclic) bond motifs is 4. The van der Waals surface area contributed by atoms with Crippen LogP contribution < -0.4 is 0 Å². The molecule has 3 aliphatic rings. The first kappa shape index (κ1) is 52.4. The van der Waals surface area contributed by atoms with E-state index in [4.69, 9.17) is 52.1 Å². The Hall–Kier alpha value is -5.42. The largest absolute Gasteiger partial charge is 0.377 e. The van der Waals surface area contributed by atoms with E-state index in [1.165, 1.54) is 5.56 Å². The molecule has 0 N–H and O–H groups in total. The van der Waals surface area contributed by atoms with Gasteiger partial charge in [0.05, 0.1) is 66.1 Å². The number of rotatable bonds is 21. The van der Waals surface area contributed by atoms with E-state index in [1.54, 1.807) is 6.08 Å². The molecule has 384 valence electrons. The molecule has 4 bridgehead atoms. The van der Waals surface area contributed by atoms with Gasteiger partial charge >= 0.3 is 0 Å². The maximum absolute atomic E-state index is 7.52. The molecule has 73 heavy (non-hydrogen) atoms. The molecule has 0 spiro atoms. The number of nitrogens with zero attached hydrogens (tertiary/aromatic N) is 1. The lowest BCUT2D eigenvalue weighted by Crippen LogP contribution is -2.65. The highest BCUT2D eigenvalue weighted by molar-refractivity contribution is 5.19. The maximum Gasteiger partial charge on any atom is 0.224 e. The van der Waals surface area contributed by atoms with Crippen LogP contribution in [0.15, 0.2) is 195 Å². The summed E-state index contributed by atoms with van der Waals surface area (Å²) < 4.78 is 77.1. The summed E-state index contributed by atoms with van der Waals surface area (Å²) in [5, 5.41) is 0. The normalized spacial score (nSPS) is 26.0. The summed E-state index contributed by atoms with van der Waals surface area (Å²) in [6, 6.07) is 60.8. The van der Waals surface area contributed by atoms with Gasteiger partial charge in [-0.25, -0.2) is 0 Å². The van der Waals surface area contributed by atoms with Crippen molar-refractivity contribution >= 4 is 0 Å². The van der Waals surface area contributed by atoms with Crippen molar-refractivity contribution in [2.45, 2.75) is 94.4 Å². The smallest absolute Gasteiger partial charge is 0.224 e. The molecular formula is C61H69NO11. The molecule has 12 heteroatoms. The number of benzene rings is 6. The van der Waals surface area contributed by atoms with Crippen molar-refractivity contribution in [1.82, 2.24) is 4.90 Å². The second kappa shape index (κ2) is 27.8. The highest BCUT2D eigenvalue weighted by atomic mass is 16.8. The van der Waals surface area contributed by atoms with Crippen LogP contribution in [0, 0.1) is 0 Å². The fourth-order valence-corrected chi connectivity index (χ4v) is 9.51. The van der Waals surface area contributed by atoms with E-state index >= 15 is 0 Å². The molecule has 6 aromatic rings. The molecule has 9 rings (SSSR count). The van der Waals surface area contributed by atoms with Crippen molar-refractivity contribution in [3.05, 3.63) is 228 Å². The molecular weight excluding hydrogens is 923 g/mol. The third kappa shape index (κ3) is 15.1. The predicted molar refractivity (Wildman–Crippen MR) is 277 cm³/mol. The summed E-state index contributed by atoms with van der Waals surface area (Å²) in [6.07, 6.45) is -4.76. The summed E-state index contributed by atoms with van der Waals surface area (Å²) in [5.41, 5.74) is 6.10. The van der Waals surface area contributed by atoms with E-state index in [1.807, 2.05) is 158 Å². The highest BCUT2D eigenvalue weighted by Gasteiger charge is 2.62. The lowest BCUT2D eigenvalue weighted by atomic mass is 9.97. The Labute approximate surface area is 430 Å². The molecule has 3 aliphatic heterocycles. The zero-order chi connectivity index (χ0) is 49.8. The summed E-state index contributed by atoms with van der Waals surface area (Å²) in [7, 11) is 0. The van der Waals surface area contributed by atoms with Gasteiger partial charge < -0.3 is 52.1 Å².